The van der Waals surface area contributed by atoms with Crippen LogP contribution >= 0.6 is 11.3 Å². The van der Waals surface area contributed by atoms with Crippen molar-refractivity contribution in [1.29, 1.82) is 0 Å². The zero-order valence-electron chi connectivity index (χ0n) is 11.8. The second kappa shape index (κ2) is 5.13. The molecule has 0 bridgehead atoms. The molecule has 0 atom stereocenters. The molecule has 0 aromatic carbocycles. The summed E-state index contributed by atoms with van der Waals surface area (Å²) in [5.74, 6) is -1.18. The van der Waals surface area contributed by atoms with Crippen molar-refractivity contribution in [2.75, 3.05) is 13.1 Å². The van der Waals surface area contributed by atoms with E-state index in [-0.39, 0.29) is 15.2 Å². The van der Waals surface area contributed by atoms with Crippen molar-refractivity contribution < 1.29 is 18.3 Å². The Morgan fingerprint density at radius 2 is 1.90 bits per heavy atom. The summed E-state index contributed by atoms with van der Waals surface area (Å²) in [6.07, 6.45) is 1.58. The molecular weight excluding hydrogens is 298 g/mol. The van der Waals surface area contributed by atoms with Gasteiger partial charge in [-0.2, -0.15) is 4.31 Å². The highest BCUT2D eigenvalue weighted by molar-refractivity contribution is 7.89. The maximum absolute atomic E-state index is 12.7. The predicted octanol–water partition coefficient (Wildman–Crippen LogP) is 2.57. The van der Waals surface area contributed by atoms with E-state index in [0.717, 1.165) is 24.2 Å². The van der Waals surface area contributed by atoms with Crippen LogP contribution < -0.4 is 0 Å². The van der Waals surface area contributed by atoms with Crippen LogP contribution in [0.5, 0.6) is 0 Å². The van der Waals surface area contributed by atoms with E-state index in [1.165, 1.54) is 4.31 Å². The Balaban J connectivity index is 2.37. The number of piperidine rings is 1. The number of aromatic carboxylic acids is 1. The monoisotopic (exact) mass is 317 g/mol. The minimum absolute atomic E-state index is 0.0327. The minimum Gasteiger partial charge on any atom is -0.477 e. The van der Waals surface area contributed by atoms with Gasteiger partial charge in [0.1, 0.15) is 9.77 Å². The normalized spacial score (nSPS) is 19.9. The van der Waals surface area contributed by atoms with Crippen LogP contribution in [0, 0.1) is 12.3 Å². The quantitative estimate of drug-likeness (QED) is 0.929. The zero-order valence-corrected chi connectivity index (χ0v) is 13.5. The molecule has 0 unspecified atom stereocenters. The predicted molar refractivity (Wildman–Crippen MR) is 77.8 cm³/mol. The first kappa shape index (κ1) is 15.5. The molecule has 0 spiro atoms. The molecule has 0 aliphatic carbocycles. The van der Waals surface area contributed by atoms with Crippen LogP contribution in [0.4, 0.5) is 0 Å². The van der Waals surface area contributed by atoms with Crippen LogP contribution in [-0.4, -0.2) is 36.9 Å². The number of nitrogens with zero attached hydrogens (tertiary/aromatic N) is 1. The summed E-state index contributed by atoms with van der Waals surface area (Å²) in [6, 6.07) is 0. The molecule has 0 radical (unpaired) electrons. The standard InChI is InChI=1S/C13H19NO4S2/c1-9-8-19-10(12(15)16)11(9)20(17,18)14-6-4-13(2,3)5-7-14/h8H,4-7H2,1-3H3,(H,15,16). The Morgan fingerprint density at radius 3 is 2.40 bits per heavy atom. The fourth-order valence-electron chi connectivity index (χ4n) is 2.36. The van der Waals surface area contributed by atoms with E-state index in [2.05, 4.69) is 13.8 Å². The fraction of sp³-hybridized carbons (Fsp3) is 0.615. The van der Waals surface area contributed by atoms with Gasteiger partial charge in [0.05, 0.1) is 0 Å². The molecule has 1 aliphatic rings. The van der Waals surface area contributed by atoms with E-state index in [0.29, 0.717) is 18.7 Å². The number of carbonyl (C=O) groups is 1. The summed E-state index contributed by atoms with van der Waals surface area (Å²) >= 11 is 0.970. The molecule has 1 saturated heterocycles. The summed E-state index contributed by atoms with van der Waals surface area (Å²) in [4.78, 5) is 11.1. The Bertz CT molecular complexity index is 621. The lowest BCUT2D eigenvalue weighted by Gasteiger charge is -2.36. The summed E-state index contributed by atoms with van der Waals surface area (Å²) in [6.45, 7) is 6.78. The molecule has 2 heterocycles. The molecule has 5 nitrogen and oxygen atoms in total. The van der Waals surface area contributed by atoms with Crippen LogP contribution in [0.15, 0.2) is 10.3 Å². The Hall–Kier alpha value is -0.920. The molecule has 1 fully saturated rings. The molecule has 0 saturated carbocycles. The summed E-state index contributed by atoms with van der Waals surface area (Å²) in [7, 11) is -3.71. The SMILES string of the molecule is Cc1csc(C(=O)O)c1S(=O)(=O)N1CCC(C)(C)CC1. The number of hydrogen-bond donors (Lipinski definition) is 1. The zero-order chi connectivity index (χ0) is 15.1. The highest BCUT2D eigenvalue weighted by Gasteiger charge is 2.36. The maximum atomic E-state index is 12.7. The Kier molecular flexibility index (Phi) is 3.96. The lowest BCUT2D eigenvalue weighted by molar-refractivity contribution is 0.0698. The maximum Gasteiger partial charge on any atom is 0.347 e. The van der Waals surface area contributed by atoms with Crippen LogP contribution in [0.2, 0.25) is 0 Å². The molecule has 20 heavy (non-hydrogen) atoms. The average molecular weight is 317 g/mol. The summed E-state index contributed by atoms with van der Waals surface area (Å²) < 4.78 is 26.8. The van der Waals surface area contributed by atoms with E-state index in [1.807, 2.05) is 0 Å². The lowest BCUT2D eigenvalue weighted by atomic mass is 9.83. The van der Waals surface area contributed by atoms with Gasteiger partial charge in [-0.3, -0.25) is 0 Å². The van der Waals surface area contributed by atoms with Crippen molar-refractivity contribution in [1.82, 2.24) is 4.31 Å². The fourth-order valence-corrected chi connectivity index (χ4v) is 5.39. The lowest BCUT2D eigenvalue weighted by Crippen LogP contribution is -2.41. The van der Waals surface area contributed by atoms with Gasteiger partial charge < -0.3 is 5.11 Å². The Labute approximate surface area is 123 Å². The highest BCUT2D eigenvalue weighted by atomic mass is 32.2. The third kappa shape index (κ3) is 2.75. The molecule has 2 rings (SSSR count). The molecule has 7 heteroatoms. The van der Waals surface area contributed by atoms with Gasteiger partial charge in [0, 0.05) is 13.1 Å². The topological polar surface area (TPSA) is 74.7 Å². The molecular formula is C13H19NO4S2. The molecule has 1 aromatic heterocycles. The van der Waals surface area contributed by atoms with Crippen molar-refractivity contribution >= 4 is 27.3 Å². The molecule has 0 amide bonds. The number of rotatable bonds is 3. The third-order valence-electron chi connectivity index (χ3n) is 3.79. The van der Waals surface area contributed by atoms with Gasteiger partial charge in [0.15, 0.2) is 0 Å². The number of hydrogen-bond acceptors (Lipinski definition) is 4. The molecule has 1 aromatic rings. The summed E-state index contributed by atoms with van der Waals surface area (Å²) in [5, 5.41) is 10.7. The molecule has 112 valence electrons. The van der Waals surface area contributed by atoms with Crippen LogP contribution in [-0.2, 0) is 10.0 Å². The minimum atomic E-state index is -3.71. The third-order valence-corrected chi connectivity index (χ3v) is 7.09. The first-order valence-electron chi connectivity index (χ1n) is 6.47. The van der Waals surface area contributed by atoms with Crippen molar-refractivity contribution in [3.8, 4) is 0 Å². The highest BCUT2D eigenvalue weighted by Crippen LogP contribution is 2.35. The number of sulfonamides is 1. The number of carboxylic acid groups (broad SMARTS) is 1. The van der Waals surface area contributed by atoms with Gasteiger partial charge in [-0.15, -0.1) is 11.3 Å². The van der Waals surface area contributed by atoms with Crippen LogP contribution in [0.3, 0.4) is 0 Å². The van der Waals surface area contributed by atoms with E-state index >= 15 is 0 Å². The molecule has 1 N–H and O–H groups in total. The van der Waals surface area contributed by atoms with Gasteiger partial charge in [-0.25, -0.2) is 13.2 Å². The van der Waals surface area contributed by atoms with Crippen LogP contribution in [0.1, 0.15) is 41.9 Å². The largest absolute Gasteiger partial charge is 0.477 e. The van der Waals surface area contributed by atoms with E-state index in [9.17, 15) is 13.2 Å². The van der Waals surface area contributed by atoms with E-state index in [1.54, 1.807) is 12.3 Å². The van der Waals surface area contributed by atoms with Gasteiger partial charge in [0.25, 0.3) is 0 Å². The number of aryl methyl sites for hydroxylation is 1. The first-order valence-corrected chi connectivity index (χ1v) is 8.79. The van der Waals surface area contributed by atoms with Crippen molar-refractivity contribution in [2.45, 2.75) is 38.5 Å². The van der Waals surface area contributed by atoms with E-state index in [4.69, 9.17) is 5.11 Å². The van der Waals surface area contributed by atoms with E-state index < -0.39 is 16.0 Å². The second-order valence-electron chi connectivity index (χ2n) is 5.95. The van der Waals surface area contributed by atoms with Gasteiger partial charge >= 0.3 is 5.97 Å². The first-order chi connectivity index (χ1) is 9.15. The summed E-state index contributed by atoms with van der Waals surface area (Å²) in [5.41, 5.74) is 0.656. The van der Waals surface area contributed by atoms with Crippen LogP contribution in [0.25, 0.3) is 0 Å². The van der Waals surface area contributed by atoms with Gasteiger partial charge in [-0.05, 0) is 36.1 Å². The Morgan fingerprint density at radius 1 is 1.35 bits per heavy atom. The smallest absolute Gasteiger partial charge is 0.347 e. The number of carboxylic acids is 1. The van der Waals surface area contributed by atoms with Gasteiger partial charge in [0.2, 0.25) is 10.0 Å². The number of thiophene rings is 1. The van der Waals surface area contributed by atoms with Crippen molar-refractivity contribution in [3.05, 3.63) is 15.8 Å². The molecule has 1 aliphatic heterocycles. The van der Waals surface area contributed by atoms with Crippen molar-refractivity contribution in [3.63, 3.8) is 0 Å². The average Bonchev–Trinajstić information content (AvgIpc) is 2.71. The van der Waals surface area contributed by atoms with Crippen molar-refractivity contribution in [2.24, 2.45) is 5.41 Å². The second-order valence-corrected chi connectivity index (χ2v) is 8.70. The van der Waals surface area contributed by atoms with Gasteiger partial charge in [-0.1, -0.05) is 13.8 Å².